The summed E-state index contributed by atoms with van der Waals surface area (Å²) in [6, 6.07) is -0.389. The first-order valence-electron chi connectivity index (χ1n) is 10.0. The molecule has 1 aliphatic heterocycles. The third kappa shape index (κ3) is 18.3. The first-order valence-corrected chi connectivity index (χ1v) is 11.6. The lowest BCUT2D eigenvalue weighted by molar-refractivity contribution is -0.150. The van der Waals surface area contributed by atoms with Gasteiger partial charge in [0, 0.05) is 6.54 Å². The van der Waals surface area contributed by atoms with Crippen LogP contribution in [-0.2, 0) is 14.3 Å². The van der Waals surface area contributed by atoms with Crippen molar-refractivity contribution in [2.45, 2.75) is 72.8 Å². The van der Waals surface area contributed by atoms with Crippen LogP contribution >= 0.6 is 15.9 Å². The molecule has 1 heterocycles. The normalized spacial score (nSPS) is 14.7. The maximum Gasteiger partial charge on any atom is 0.328 e. The number of likely N-dealkylation sites (tertiary alicyclic amines) is 1. The molecular formula is C21H43BrN2O3. The van der Waals surface area contributed by atoms with Crippen LogP contribution in [0.25, 0.3) is 0 Å². The number of alkyl halides is 1. The van der Waals surface area contributed by atoms with Gasteiger partial charge in [0.1, 0.15) is 6.04 Å². The molecule has 1 saturated heterocycles. The van der Waals surface area contributed by atoms with Gasteiger partial charge in [0.05, 0.1) is 13.7 Å². The number of rotatable bonds is 8. The number of amides is 1. The predicted molar refractivity (Wildman–Crippen MR) is 120 cm³/mol. The van der Waals surface area contributed by atoms with E-state index < -0.39 is 0 Å². The number of nitrogens with zero attached hydrogens (tertiary/aromatic N) is 1. The van der Waals surface area contributed by atoms with E-state index in [0.717, 1.165) is 38.1 Å². The third-order valence-electron chi connectivity index (χ3n) is 3.33. The molecule has 27 heavy (non-hydrogen) atoms. The van der Waals surface area contributed by atoms with Crippen LogP contribution in [-0.4, -0.2) is 55.4 Å². The van der Waals surface area contributed by atoms with Crippen LogP contribution in [0.4, 0.5) is 0 Å². The molecule has 0 aromatic carbocycles. The number of halogens is 1. The molecule has 0 aliphatic carbocycles. The zero-order valence-electron chi connectivity index (χ0n) is 18.6. The average molecular weight is 451 g/mol. The van der Waals surface area contributed by atoms with Gasteiger partial charge in [-0.2, -0.15) is 0 Å². The van der Waals surface area contributed by atoms with Crippen LogP contribution in [0.1, 0.15) is 66.7 Å². The second-order valence-corrected chi connectivity index (χ2v) is 6.46. The fourth-order valence-corrected chi connectivity index (χ4v) is 2.28. The van der Waals surface area contributed by atoms with Crippen LogP contribution in [0.5, 0.6) is 0 Å². The Balaban J connectivity index is -0.000000621. The molecular weight excluding hydrogens is 408 g/mol. The number of ether oxygens (including phenoxy) is 1. The second-order valence-electron chi connectivity index (χ2n) is 6.46. The van der Waals surface area contributed by atoms with Crippen LogP contribution in [0, 0.1) is 5.92 Å². The Kier molecular flexibility index (Phi) is 26.4. The summed E-state index contributed by atoms with van der Waals surface area (Å²) in [6.45, 7) is 15.9. The van der Waals surface area contributed by atoms with Crippen LogP contribution in [0.15, 0.2) is 12.7 Å². The summed E-state index contributed by atoms with van der Waals surface area (Å²) in [6.07, 6.45) is 6.59. The molecule has 162 valence electrons. The highest BCUT2D eigenvalue weighted by molar-refractivity contribution is 9.08. The standard InChI is InChI=1S/C14H24N2O3.C4H10.C2H6.CH3Br/c1-3-4-5-6-9-15-11-13(17)16-10-7-8-12(16)14(18)19-2;1-4(2)3;2*1-2/h3,12,15H,1,4-11H2,2H3;4H,1-3H3;1-2H3;1H3. The van der Waals surface area contributed by atoms with Crippen molar-refractivity contribution in [1.29, 1.82) is 0 Å². The van der Waals surface area contributed by atoms with Crippen molar-refractivity contribution in [1.82, 2.24) is 10.2 Å². The first kappa shape index (κ1) is 30.8. The minimum atomic E-state index is -0.389. The molecule has 0 saturated carbocycles. The van der Waals surface area contributed by atoms with Gasteiger partial charge in [-0.05, 0) is 50.4 Å². The van der Waals surface area contributed by atoms with E-state index in [1.807, 2.05) is 25.8 Å². The van der Waals surface area contributed by atoms with E-state index in [0.29, 0.717) is 19.5 Å². The molecule has 1 unspecified atom stereocenters. The van der Waals surface area contributed by atoms with E-state index in [9.17, 15) is 9.59 Å². The molecule has 0 spiro atoms. The maximum atomic E-state index is 12.0. The molecule has 1 atom stereocenters. The van der Waals surface area contributed by atoms with Crippen molar-refractivity contribution in [2.24, 2.45) is 5.92 Å². The van der Waals surface area contributed by atoms with Crippen molar-refractivity contribution in [3.05, 3.63) is 12.7 Å². The third-order valence-corrected chi connectivity index (χ3v) is 3.33. The molecule has 1 aliphatic rings. The van der Waals surface area contributed by atoms with Gasteiger partial charge in [-0.1, -0.05) is 56.6 Å². The Bertz CT molecular complexity index is 361. The number of esters is 1. The molecule has 0 radical (unpaired) electrons. The lowest BCUT2D eigenvalue weighted by Gasteiger charge is -2.22. The van der Waals surface area contributed by atoms with Gasteiger partial charge in [0.25, 0.3) is 0 Å². The number of hydrogen-bond acceptors (Lipinski definition) is 4. The number of carbonyl (C=O) groups excluding carboxylic acids is 2. The Morgan fingerprint density at radius 1 is 1.26 bits per heavy atom. The zero-order valence-corrected chi connectivity index (χ0v) is 20.2. The number of hydrogen-bond donors (Lipinski definition) is 1. The summed E-state index contributed by atoms with van der Waals surface area (Å²) in [5.74, 6) is 2.32. The van der Waals surface area contributed by atoms with E-state index in [2.05, 4.69) is 48.6 Å². The summed E-state index contributed by atoms with van der Waals surface area (Å²) in [5.41, 5.74) is 0. The van der Waals surface area contributed by atoms with Crippen molar-refractivity contribution >= 4 is 27.8 Å². The molecule has 0 aromatic heterocycles. The summed E-state index contributed by atoms with van der Waals surface area (Å²) in [7, 11) is 1.36. The Morgan fingerprint density at radius 3 is 2.30 bits per heavy atom. The summed E-state index contributed by atoms with van der Waals surface area (Å²) in [4.78, 5) is 25.2. The number of methoxy groups -OCH3 is 1. The van der Waals surface area contributed by atoms with Gasteiger partial charge in [-0.3, -0.25) is 4.79 Å². The average Bonchev–Trinajstić information content (AvgIpc) is 3.16. The van der Waals surface area contributed by atoms with Crippen molar-refractivity contribution in [2.75, 3.05) is 32.6 Å². The molecule has 1 fully saturated rings. The van der Waals surface area contributed by atoms with Crippen LogP contribution in [0.2, 0.25) is 0 Å². The predicted octanol–water partition coefficient (Wildman–Crippen LogP) is 4.80. The molecule has 1 amide bonds. The van der Waals surface area contributed by atoms with Gasteiger partial charge in [0.15, 0.2) is 0 Å². The molecule has 5 nitrogen and oxygen atoms in total. The second kappa shape index (κ2) is 23.2. The fourth-order valence-electron chi connectivity index (χ4n) is 2.28. The maximum absolute atomic E-state index is 12.0. The van der Waals surface area contributed by atoms with Gasteiger partial charge >= 0.3 is 5.97 Å². The lowest BCUT2D eigenvalue weighted by atomic mass is 10.2. The van der Waals surface area contributed by atoms with E-state index in [1.165, 1.54) is 7.11 Å². The highest BCUT2D eigenvalue weighted by atomic mass is 79.9. The zero-order chi connectivity index (χ0) is 21.7. The smallest absolute Gasteiger partial charge is 0.328 e. The van der Waals surface area contributed by atoms with Gasteiger partial charge in [-0.15, -0.1) is 6.58 Å². The molecule has 0 aromatic rings. The molecule has 6 heteroatoms. The Morgan fingerprint density at radius 2 is 1.81 bits per heavy atom. The van der Waals surface area contributed by atoms with Gasteiger partial charge in [0.2, 0.25) is 5.91 Å². The van der Waals surface area contributed by atoms with Crippen molar-refractivity contribution in [3.8, 4) is 0 Å². The number of nitrogens with one attached hydrogen (secondary N) is 1. The highest BCUT2D eigenvalue weighted by Crippen LogP contribution is 2.18. The van der Waals surface area contributed by atoms with Gasteiger partial charge in [-0.25, -0.2) is 4.79 Å². The number of allylic oxidation sites excluding steroid dienone is 1. The first-order chi connectivity index (χ1) is 12.9. The summed E-state index contributed by atoms with van der Waals surface area (Å²) in [5, 5.41) is 3.12. The van der Waals surface area contributed by atoms with E-state index in [-0.39, 0.29) is 17.9 Å². The van der Waals surface area contributed by atoms with E-state index >= 15 is 0 Å². The number of unbranched alkanes of at least 4 members (excludes halogenated alkanes) is 2. The monoisotopic (exact) mass is 450 g/mol. The highest BCUT2D eigenvalue weighted by Gasteiger charge is 2.34. The Labute approximate surface area is 176 Å². The van der Waals surface area contributed by atoms with E-state index in [1.54, 1.807) is 4.90 Å². The number of carbonyl (C=O) groups is 2. The Hall–Kier alpha value is -0.880. The quantitative estimate of drug-likeness (QED) is 0.249. The van der Waals surface area contributed by atoms with Crippen LogP contribution in [0.3, 0.4) is 0 Å². The van der Waals surface area contributed by atoms with E-state index in [4.69, 9.17) is 4.74 Å². The summed E-state index contributed by atoms with van der Waals surface area (Å²) >= 11 is 2.94. The van der Waals surface area contributed by atoms with Crippen LogP contribution < -0.4 is 5.32 Å². The SMILES string of the molecule is C=CCCCCNCC(=O)N1CCCC1C(=O)OC.CBr.CC.CC(C)C. The topological polar surface area (TPSA) is 58.6 Å². The summed E-state index contributed by atoms with van der Waals surface area (Å²) < 4.78 is 4.72. The van der Waals surface area contributed by atoms with Gasteiger partial charge < -0.3 is 15.0 Å². The lowest BCUT2D eigenvalue weighted by Crippen LogP contribution is -2.45. The minimum Gasteiger partial charge on any atom is -0.467 e. The van der Waals surface area contributed by atoms with Crippen molar-refractivity contribution in [3.63, 3.8) is 0 Å². The molecule has 0 bridgehead atoms. The minimum absolute atomic E-state index is 0.0170. The largest absolute Gasteiger partial charge is 0.467 e. The molecule has 1 rings (SSSR count). The van der Waals surface area contributed by atoms with Crippen molar-refractivity contribution < 1.29 is 14.3 Å². The fraction of sp³-hybridized carbons (Fsp3) is 0.810. The molecule has 1 N–H and O–H groups in total.